The number of imidazole rings is 1. The van der Waals surface area contributed by atoms with Crippen molar-refractivity contribution in [2.75, 3.05) is 28.7 Å². The van der Waals surface area contributed by atoms with E-state index >= 15 is 0 Å². The van der Waals surface area contributed by atoms with Crippen molar-refractivity contribution in [2.45, 2.75) is 25.8 Å². The van der Waals surface area contributed by atoms with Crippen molar-refractivity contribution in [3.8, 4) is 0 Å². The van der Waals surface area contributed by atoms with Crippen LogP contribution in [0.3, 0.4) is 0 Å². The molecular weight excluding hydrogens is 260 g/mol. The molecule has 2 aromatic rings. The third-order valence-electron chi connectivity index (χ3n) is 3.18. The minimum absolute atomic E-state index is 0.497. The summed E-state index contributed by atoms with van der Waals surface area (Å²) in [7, 11) is 0. The van der Waals surface area contributed by atoms with Crippen molar-refractivity contribution in [1.82, 2.24) is 19.9 Å². The van der Waals surface area contributed by atoms with Gasteiger partial charge in [-0.15, -0.1) is 0 Å². The third kappa shape index (κ3) is 2.75. The summed E-state index contributed by atoms with van der Waals surface area (Å²) in [5.74, 6) is 3.93. The second kappa shape index (κ2) is 5.64. The van der Waals surface area contributed by atoms with E-state index in [9.17, 15) is 0 Å². The van der Waals surface area contributed by atoms with Crippen LogP contribution in [0.15, 0.2) is 6.33 Å². The highest BCUT2D eigenvalue weighted by atomic mass is 32.2. The number of nitrogens with one attached hydrogen (secondary N) is 3. The second-order valence-corrected chi connectivity index (χ2v) is 5.78. The van der Waals surface area contributed by atoms with Crippen molar-refractivity contribution in [2.24, 2.45) is 0 Å². The van der Waals surface area contributed by atoms with Gasteiger partial charge in [0.2, 0.25) is 5.95 Å². The molecule has 1 fully saturated rings. The Kier molecular flexibility index (Phi) is 3.72. The van der Waals surface area contributed by atoms with Gasteiger partial charge in [0.15, 0.2) is 11.5 Å². The predicted octanol–water partition coefficient (Wildman–Crippen LogP) is 2.09. The molecule has 2 aromatic heterocycles. The van der Waals surface area contributed by atoms with Gasteiger partial charge in [0.25, 0.3) is 0 Å². The third-order valence-corrected chi connectivity index (χ3v) is 4.23. The van der Waals surface area contributed by atoms with Crippen LogP contribution in [0.1, 0.15) is 19.8 Å². The second-order valence-electron chi connectivity index (χ2n) is 4.56. The number of hydrogen-bond donors (Lipinski definition) is 3. The van der Waals surface area contributed by atoms with E-state index in [1.165, 1.54) is 24.3 Å². The van der Waals surface area contributed by atoms with Gasteiger partial charge in [0.1, 0.15) is 5.52 Å². The van der Waals surface area contributed by atoms with Crippen LogP contribution in [-0.4, -0.2) is 44.0 Å². The van der Waals surface area contributed by atoms with Gasteiger partial charge in [-0.25, -0.2) is 4.98 Å². The van der Waals surface area contributed by atoms with E-state index < -0.39 is 0 Å². The monoisotopic (exact) mass is 278 g/mol. The number of aromatic amines is 1. The average Bonchev–Trinajstić information content (AvgIpc) is 2.89. The lowest BCUT2D eigenvalue weighted by molar-refractivity contribution is 0.664. The molecule has 0 saturated carbocycles. The molecule has 1 aliphatic heterocycles. The summed E-state index contributed by atoms with van der Waals surface area (Å²) in [5.41, 5.74) is 1.60. The van der Waals surface area contributed by atoms with Gasteiger partial charge in [-0.3, -0.25) is 0 Å². The first kappa shape index (κ1) is 12.5. The molecule has 102 valence electrons. The highest BCUT2D eigenvalue weighted by Gasteiger charge is 2.17. The minimum atomic E-state index is 0.497. The maximum atomic E-state index is 4.55. The molecule has 0 amide bonds. The zero-order chi connectivity index (χ0) is 13.1. The number of H-pyrrole nitrogens is 1. The largest absolute Gasteiger partial charge is 0.365 e. The molecule has 0 unspecified atom stereocenters. The molecular formula is C12H18N6S. The van der Waals surface area contributed by atoms with Crippen LogP contribution in [0, 0.1) is 0 Å². The van der Waals surface area contributed by atoms with E-state index in [1.807, 2.05) is 18.7 Å². The Bertz CT molecular complexity index is 548. The zero-order valence-electron chi connectivity index (χ0n) is 10.9. The van der Waals surface area contributed by atoms with Crippen LogP contribution in [-0.2, 0) is 0 Å². The first-order valence-electron chi connectivity index (χ1n) is 6.66. The number of aromatic nitrogens is 4. The van der Waals surface area contributed by atoms with Gasteiger partial charge in [-0.05, 0) is 31.3 Å². The Morgan fingerprint density at radius 3 is 3.00 bits per heavy atom. The van der Waals surface area contributed by atoms with Crippen LogP contribution in [0.2, 0.25) is 0 Å². The van der Waals surface area contributed by atoms with Crippen molar-refractivity contribution >= 4 is 34.7 Å². The summed E-state index contributed by atoms with van der Waals surface area (Å²) in [6.07, 6.45) is 4.03. The number of rotatable bonds is 4. The number of nitrogens with zero attached hydrogens (tertiary/aromatic N) is 3. The summed E-state index contributed by atoms with van der Waals surface area (Å²) >= 11 is 2.02. The molecule has 3 rings (SSSR count). The van der Waals surface area contributed by atoms with E-state index in [0.717, 1.165) is 17.9 Å². The van der Waals surface area contributed by atoms with Gasteiger partial charge in [0, 0.05) is 12.6 Å². The summed E-state index contributed by atoms with van der Waals surface area (Å²) in [6.45, 7) is 2.83. The lowest BCUT2D eigenvalue weighted by Gasteiger charge is -2.23. The van der Waals surface area contributed by atoms with E-state index in [-0.39, 0.29) is 0 Å². The first-order valence-corrected chi connectivity index (χ1v) is 7.81. The molecule has 0 atom stereocenters. The average molecular weight is 278 g/mol. The lowest BCUT2D eigenvalue weighted by Crippen LogP contribution is -2.25. The number of hydrogen-bond acceptors (Lipinski definition) is 6. The SMILES string of the molecule is CCNc1nc(NC2CCSCC2)c2[nH]cnc2n1. The molecule has 0 bridgehead atoms. The van der Waals surface area contributed by atoms with Gasteiger partial charge >= 0.3 is 0 Å². The Morgan fingerprint density at radius 1 is 1.37 bits per heavy atom. The van der Waals surface area contributed by atoms with Crippen LogP contribution < -0.4 is 10.6 Å². The standard InChI is InChI=1S/C12H18N6S/c1-2-13-12-17-10-9(14-7-15-10)11(18-12)16-8-3-5-19-6-4-8/h7-8H,2-6H2,1H3,(H3,13,14,15,16,17,18). The molecule has 0 radical (unpaired) electrons. The highest BCUT2D eigenvalue weighted by Crippen LogP contribution is 2.24. The summed E-state index contributed by atoms with van der Waals surface area (Å²) in [5, 5.41) is 6.68. The first-order chi connectivity index (χ1) is 9.36. The van der Waals surface area contributed by atoms with Crippen molar-refractivity contribution in [3.63, 3.8) is 0 Å². The zero-order valence-corrected chi connectivity index (χ0v) is 11.8. The van der Waals surface area contributed by atoms with E-state index in [2.05, 4.69) is 30.6 Å². The molecule has 0 spiro atoms. The van der Waals surface area contributed by atoms with E-state index in [0.29, 0.717) is 17.6 Å². The topological polar surface area (TPSA) is 78.5 Å². The van der Waals surface area contributed by atoms with Gasteiger partial charge < -0.3 is 15.6 Å². The molecule has 0 aromatic carbocycles. The number of thioether (sulfide) groups is 1. The molecule has 19 heavy (non-hydrogen) atoms. The van der Waals surface area contributed by atoms with Crippen molar-refractivity contribution < 1.29 is 0 Å². The van der Waals surface area contributed by atoms with Crippen LogP contribution in [0.25, 0.3) is 11.2 Å². The van der Waals surface area contributed by atoms with Crippen molar-refractivity contribution in [3.05, 3.63) is 6.33 Å². The number of fused-ring (bicyclic) bond motifs is 1. The summed E-state index contributed by atoms with van der Waals surface area (Å²) in [6, 6.07) is 0.497. The minimum Gasteiger partial charge on any atom is -0.365 e. The van der Waals surface area contributed by atoms with Crippen molar-refractivity contribution in [1.29, 1.82) is 0 Å². The Hall–Kier alpha value is -1.50. The fourth-order valence-electron chi connectivity index (χ4n) is 2.21. The fraction of sp³-hybridized carbons (Fsp3) is 0.583. The molecule has 0 aliphatic carbocycles. The predicted molar refractivity (Wildman–Crippen MR) is 79.8 cm³/mol. The Labute approximate surface area is 116 Å². The Balaban J connectivity index is 1.88. The van der Waals surface area contributed by atoms with Gasteiger partial charge in [0.05, 0.1) is 6.33 Å². The normalized spacial score (nSPS) is 16.7. The molecule has 1 saturated heterocycles. The molecule has 1 aliphatic rings. The highest BCUT2D eigenvalue weighted by molar-refractivity contribution is 7.99. The van der Waals surface area contributed by atoms with Gasteiger partial charge in [-0.1, -0.05) is 0 Å². The quantitative estimate of drug-likeness (QED) is 0.795. The van der Waals surface area contributed by atoms with Gasteiger partial charge in [-0.2, -0.15) is 21.7 Å². The van der Waals surface area contributed by atoms with E-state index in [4.69, 9.17) is 0 Å². The number of anilines is 2. The molecule has 3 heterocycles. The molecule has 7 heteroatoms. The fourth-order valence-corrected chi connectivity index (χ4v) is 3.32. The smallest absolute Gasteiger partial charge is 0.226 e. The van der Waals surface area contributed by atoms with E-state index in [1.54, 1.807) is 6.33 Å². The summed E-state index contributed by atoms with van der Waals surface area (Å²) < 4.78 is 0. The molecule has 6 nitrogen and oxygen atoms in total. The maximum absolute atomic E-state index is 4.55. The molecule has 3 N–H and O–H groups in total. The maximum Gasteiger partial charge on any atom is 0.226 e. The van der Waals surface area contributed by atoms with Crippen LogP contribution in [0.5, 0.6) is 0 Å². The van der Waals surface area contributed by atoms with Crippen LogP contribution in [0.4, 0.5) is 11.8 Å². The van der Waals surface area contributed by atoms with Crippen LogP contribution >= 0.6 is 11.8 Å². The summed E-state index contributed by atoms with van der Waals surface area (Å²) in [4.78, 5) is 16.3. The lowest BCUT2D eigenvalue weighted by atomic mass is 10.1. The Morgan fingerprint density at radius 2 is 2.21 bits per heavy atom.